The summed E-state index contributed by atoms with van der Waals surface area (Å²) in [6.07, 6.45) is 0. The summed E-state index contributed by atoms with van der Waals surface area (Å²) in [5.74, 6) is -2.56. The number of carbonyl (C=O) groups is 3. The summed E-state index contributed by atoms with van der Waals surface area (Å²) in [7, 11) is 1.19. The van der Waals surface area contributed by atoms with Crippen molar-refractivity contribution in [2.24, 2.45) is 11.3 Å². The van der Waals surface area contributed by atoms with Crippen molar-refractivity contribution in [3.05, 3.63) is 28.7 Å². The van der Waals surface area contributed by atoms with E-state index in [0.29, 0.717) is 5.69 Å². The van der Waals surface area contributed by atoms with Crippen LogP contribution in [0.2, 0.25) is 0 Å². The fraction of sp³-hybridized carbons (Fsp3) is 0.357. The van der Waals surface area contributed by atoms with Crippen LogP contribution in [0.4, 0.5) is 5.69 Å². The Labute approximate surface area is 134 Å². The molecule has 1 aromatic rings. The molecular formula is C14H11BrClNO4. The highest BCUT2D eigenvalue weighted by molar-refractivity contribution is 9.10. The van der Waals surface area contributed by atoms with Gasteiger partial charge in [0.1, 0.15) is 0 Å². The van der Waals surface area contributed by atoms with Crippen molar-refractivity contribution >= 4 is 51.0 Å². The van der Waals surface area contributed by atoms with E-state index in [0.717, 1.165) is 9.37 Å². The minimum absolute atomic E-state index is 0.463. The number of anilines is 1. The average molecular weight is 373 g/mol. The molecule has 1 aromatic carbocycles. The van der Waals surface area contributed by atoms with Crippen LogP contribution in [0.5, 0.6) is 0 Å². The van der Waals surface area contributed by atoms with Gasteiger partial charge in [0.05, 0.1) is 24.1 Å². The number of hydrogen-bond donors (Lipinski definition) is 0. The van der Waals surface area contributed by atoms with E-state index >= 15 is 0 Å². The van der Waals surface area contributed by atoms with Crippen molar-refractivity contribution < 1.29 is 19.1 Å². The van der Waals surface area contributed by atoms with Crippen molar-refractivity contribution in [1.29, 1.82) is 0 Å². The first-order chi connectivity index (χ1) is 9.80. The molecule has 1 heterocycles. The van der Waals surface area contributed by atoms with Gasteiger partial charge in [-0.2, -0.15) is 0 Å². The van der Waals surface area contributed by atoms with Crippen molar-refractivity contribution in [2.75, 3.05) is 12.0 Å². The third-order valence-electron chi connectivity index (χ3n) is 4.33. The lowest BCUT2D eigenvalue weighted by Gasteiger charge is -2.23. The number of ether oxygens (including phenoxy) is 1. The largest absolute Gasteiger partial charge is 0.468 e. The maximum Gasteiger partial charge on any atom is 0.328 e. The van der Waals surface area contributed by atoms with Crippen LogP contribution in [-0.4, -0.2) is 29.8 Å². The SMILES string of the molecule is COC(=O)C1(Cl)C2C(=O)N(c3ccc(Br)cc3)C(=O)C21C. The number of hydrogen-bond acceptors (Lipinski definition) is 4. The first-order valence-electron chi connectivity index (χ1n) is 6.21. The fourth-order valence-electron chi connectivity index (χ4n) is 3.05. The molecule has 1 aliphatic carbocycles. The third-order valence-corrected chi connectivity index (χ3v) is 5.62. The topological polar surface area (TPSA) is 63.7 Å². The molecule has 110 valence electrons. The lowest BCUT2D eigenvalue weighted by molar-refractivity contribution is -0.144. The molecule has 0 spiro atoms. The van der Waals surface area contributed by atoms with Gasteiger partial charge in [-0.25, -0.2) is 4.90 Å². The molecule has 3 atom stereocenters. The molecule has 0 aromatic heterocycles. The molecule has 2 amide bonds. The zero-order valence-electron chi connectivity index (χ0n) is 11.2. The molecule has 2 aliphatic rings. The van der Waals surface area contributed by atoms with Crippen LogP contribution in [0.1, 0.15) is 6.92 Å². The molecular weight excluding hydrogens is 362 g/mol. The maximum absolute atomic E-state index is 12.6. The van der Waals surface area contributed by atoms with Gasteiger partial charge in [0.15, 0.2) is 4.87 Å². The molecule has 2 fully saturated rings. The molecule has 0 bridgehead atoms. The smallest absolute Gasteiger partial charge is 0.328 e. The molecule has 1 saturated heterocycles. The quantitative estimate of drug-likeness (QED) is 0.453. The van der Waals surface area contributed by atoms with Crippen LogP contribution in [-0.2, 0) is 19.1 Å². The second-order valence-corrected chi connectivity index (χ2v) is 6.81. The lowest BCUT2D eigenvalue weighted by atomic mass is 10.1. The van der Waals surface area contributed by atoms with Crippen molar-refractivity contribution in [3.8, 4) is 0 Å². The number of methoxy groups -OCH3 is 1. The van der Waals surface area contributed by atoms with E-state index in [4.69, 9.17) is 11.6 Å². The Balaban J connectivity index is 1.99. The monoisotopic (exact) mass is 371 g/mol. The molecule has 5 nitrogen and oxygen atoms in total. The highest BCUT2D eigenvalue weighted by Gasteiger charge is 2.90. The second kappa shape index (κ2) is 4.30. The predicted octanol–water partition coefficient (Wildman–Crippen LogP) is 2.11. The molecule has 3 rings (SSSR count). The average Bonchev–Trinajstić information content (AvgIpc) is 2.90. The van der Waals surface area contributed by atoms with Gasteiger partial charge in [-0.3, -0.25) is 14.4 Å². The van der Waals surface area contributed by atoms with E-state index < -0.39 is 34.0 Å². The standard InChI is InChI=1S/C14H11BrClNO4/c1-13-9(14(13,16)12(20)21-2)10(18)17(11(13)19)8-5-3-7(15)4-6-8/h3-6,9H,1-2H3. The fourth-order valence-corrected chi connectivity index (χ4v) is 3.83. The molecule has 3 unspecified atom stereocenters. The van der Waals surface area contributed by atoms with Gasteiger partial charge in [-0.1, -0.05) is 15.9 Å². The normalized spacial score (nSPS) is 33.9. The van der Waals surface area contributed by atoms with Gasteiger partial charge in [-0.05, 0) is 31.2 Å². The van der Waals surface area contributed by atoms with Crippen LogP contribution in [0.3, 0.4) is 0 Å². The number of carbonyl (C=O) groups excluding carboxylic acids is 3. The van der Waals surface area contributed by atoms with Gasteiger partial charge >= 0.3 is 5.97 Å². The summed E-state index contributed by atoms with van der Waals surface area (Å²) in [6.45, 7) is 1.53. The minimum Gasteiger partial charge on any atom is -0.468 e. The summed E-state index contributed by atoms with van der Waals surface area (Å²) in [4.78, 5) is 36.4. The number of piperidine rings is 1. The van der Waals surface area contributed by atoms with Crippen LogP contribution < -0.4 is 4.90 Å². The summed E-state index contributed by atoms with van der Waals surface area (Å²) in [5, 5.41) is 0. The van der Waals surface area contributed by atoms with Gasteiger partial charge < -0.3 is 4.74 Å². The van der Waals surface area contributed by atoms with Gasteiger partial charge in [0.2, 0.25) is 11.8 Å². The zero-order chi connectivity index (χ0) is 15.6. The van der Waals surface area contributed by atoms with Crippen LogP contribution in [0.15, 0.2) is 28.7 Å². The molecule has 1 saturated carbocycles. The zero-order valence-corrected chi connectivity index (χ0v) is 13.6. The summed E-state index contributed by atoms with van der Waals surface area (Å²) < 4.78 is 5.47. The van der Waals surface area contributed by atoms with E-state index in [1.54, 1.807) is 24.3 Å². The summed E-state index contributed by atoms with van der Waals surface area (Å²) >= 11 is 9.51. The number of halogens is 2. The van der Waals surface area contributed by atoms with Crippen LogP contribution in [0.25, 0.3) is 0 Å². The van der Waals surface area contributed by atoms with Gasteiger partial charge in [0.25, 0.3) is 0 Å². The lowest BCUT2D eigenvalue weighted by Crippen LogP contribution is -2.43. The van der Waals surface area contributed by atoms with Crippen LogP contribution >= 0.6 is 27.5 Å². The first-order valence-corrected chi connectivity index (χ1v) is 7.38. The van der Waals surface area contributed by atoms with Crippen LogP contribution in [0, 0.1) is 11.3 Å². The van der Waals surface area contributed by atoms with Gasteiger partial charge in [0, 0.05) is 4.47 Å². The van der Waals surface area contributed by atoms with Crippen molar-refractivity contribution in [3.63, 3.8) is 0 Å². The summed E-state index contributed by atoms with van der Waals surface area (Å²) in [5.41, 5.74) is -0.781. The number of rotatable bonds is 2. The number of imide groups is 1. The number of esters is 1. The first kappa shape index (κ1) is 14.5. The summed E-state index contributed by atoms with van der Waals surface area (Å²) in [6, 6.07) is 6.77. The van der Waals surface area contributed by atoms with E-state index in [9.17, 15) is 14.4 Å². The molecule has 1 aliphatic heterocycles. The Morgan fingerprint density at radius 3 is 2.33 bits per heavy atom. The highest BCUT2D eigenvalue weighted by Crippen LogP contribution is 2.71. The molecule has 0 radical (unpaired) electrons. The number of nitrogens with zero attached hydrogens (tertiary/aromatic N) is 1. The van der Waals surface area contributed by atoms with E-state index in [1.807, 2.05) is 0 Å². The predicted molar refractivity (Wildman–Crippen MR) is 78.8 cm³/mol. The Kier molecular flexibility index (Phi) is 2.98. The Morgan fingerprint density at radius 2 is 1.90 bits per heavy atom. The van der Waals surface area contributed by atoms with E-state index in [-0.39, 0.29) is 0 Å². The molecule has 21 heavy (non-hydrogen) atoms. The van der Waals surface area contributed by atoms with Crippen molar-refractivity contribution in [1.82, 2.24) is 0 Å². The van der Waals surface area contributed by atoms with Crippen molar-refractivity contribution in [2.45, 2.75) is 11.8 Å². The Hall–Kier alpha value is -1.40. The Bertz CT molecular complexity index is 676. The molecule has 0 N–H and O–H groups in total. The van der Waals surface area contributed by atoms with E-state index in [1.165, 1.54) is 14.0 Å². The highest BCUT2D eigenvalue weighted by atomic mass is 79.9. The third kappa shape index (κ3) is 1.54. The van der Waals surface area contributed by atoms with Gasteiger partial charge in [-0.15, -0.1) is 11.6 Å². The number of alkyl halides is 1. The number of amides is 2. The molecule has 7 heteroatoms. The maximum atomic E-state index is 12.6. The Morgan fingerprint density at radius 1 is 1.33 bits per heavy atom. The minimum atomic E-state index is -1.58. The van der Waals surface area contributed by atoms with E-state index in [2.05, 4.69) is 20.7 Å². The number of fused-ring (bicyclic) bond motifs is 1. The second-order valence-electron chi connectivity index (χ2n) is 5.29. The number of benzene rings is 1.